The molecule has 2 unspecified atom stereocenters. The van der Waals surface area contributed by atoms with E-state index in [2.05, 4.69) is 5.32 Å². The first-order valence-corrected chi connectivity index (χ1v) is 7.16. The molecule has 1 aliphatic rings. The number of benzene rings is 1. The molecule has 1 aromatic carbocycles. The number of carbonyl (C=O) groups is 1. The first kappa shape index (κ1) is 13.2. The second-order valence-electron chi connectivity index (χ2n) is 5.54. The van der Waals surface area contributed by atoms with E-state index in [-0.39, 0.29) is 12.0 Å². The van der Waals surface area contributed by atoms with Gasteiger partial charge in [0.15, 0.2) is 0 Å². The highest BCUT2D eigenvalue weighted by Crippen LogP contribution is 2.24. The fourth-order valence-corrected chi connectivity index (χ4v) is 2.93. The third-order valence-corrected chi connectivity index (χ3v) is 4.03. The molecular weight excluding hydrogens is 254 g/mol. The van der Waals surface area contributed by atoms with Crippen molar-refractivity contribution >= 4 is 16.9 Å². The Bertz CT molecular complexity index is 605. The Morgan fingerprint density at radius 1 is 1.35 bits per heavy atom. The van der Waals surface area contributed by atoms with E-state index >= 15 is 0 Å². The van der Waals surface area contributed by atoms with E-state index in [1.54, 1.807) is 0 Å². The standard InChI is InChI=1S/C16H19NO3/c18-12-5-3-4-11(8-12)9-17-16(19)14-10-20-15-7-2-1-6-13(14)15/h1-2,6-7,10-12,18H,3-5,8-9H2,(H,17,19). The predicted octanol–water partition coefficient (Wildman–Crippen LogP) is 2.71. The van der Waals surface area contributed by atoms with Gasteiger partial charge >= 0.3 is 0 Å². The van der Waals surface area contributed by atoms with Gasteiger partial charge in [-0.15, -0.1) is 0 Å². The van der Waals surface area contributed by atoms with Crippen LogP contribution in [-0.2, 0) is 0 Å². The molecular formula is C16H19NO3. The van der Waals surface area contributed by atoms with Gasteiger partial charge in [0.1, 0.15) is 11.8 Å². The number of aliphatic hydroxyl groups excluding tert-OH is 1. The molecule has 2 aromatic rings. The van der Waals surface area contributed by atoms with Crippen LogP contribution >= 0.6 is 0 Å². The fourth-order valence-electron chi connectivity index (χ4n) is 2.93. The number of amides is 1. The smallest absolute Gasteiger partial charge is 0.255 e. The van der Waals surface area contributed by atoms with Crippen molar-refractivity contribution in [1.29, 1.82) is 0 Å². The molecule has 2 atom stereocenters. The largest absolute Gasteiger partial charge is 0.463 e. The quantitative estimate of drug-likeness (QED) is 0.903. The van der Waals surface area contributed by atoms with Crippen LogP contribution in [0.4, 0.5) is 0 Å². The van der Waals surface area contributed by atoms with E-state index < -0.39 is 0 Å². The van der Waals surface area contributed by atoms with Crippen LogP contribution in [0, 0.1) is 5.92 Å². The third kappa shape index (κ3) is 2.70. The number of furan rings is 1. The van der Waals surface area contributed by atoms with Crippen molar-refractivity contribution in [1.82, 2.24) is 5.32 Å². The Labute approximate surface area is 117 Å². The average Bonchev–Trinajstić information content (AvgIpc) is 2.89. The maximum absolute atomic E-state index is 12.2. The molecule has 3 rings (SSSR count). The number of para-hydroxylation sites is 1. The molecule has 0 aliphatic heterocycles. The summed E-state index contributed by atoms with van der Waals surface area (Å²) in [4.78, 5) is 12.2. The molecule has 0 saturated heterocycles. The van der Waals surface area contributed by atoms with Crippen LogP contribution < -0.4 is 5.32 Å². The highest BCUT2D eigenvalue weighted by Gasteiger charge is 2.21. The minimum Gasteiger partial charge on any atom is -0.463 e. The molecule has 4 nitrogen and oxygen atoms in total. The van der Waals surface area contributed by atoms with Gasteiger partial charge in [-0.3, -0.25) is 4.79 Å². The minimum absolute atomic E-state index is 0.102. The van der Waals surface area contributed by atoms with Gasteiger partial charge in [0.05, 0.1) is 11.7 Å². The van der Waals surface area contributed by atoms with Crippen molar-refractivity contribution in [3.63, 3.8) is 0 Å². The molecule has 0 radical (unpaired) electrons. The number of hydrogen-bond donors (Lipinski definition) is 2. The van der Waals surface area contributed by atoms with Crippen molar-refractivity contribution in [3.8, 4) is 0 Å². The number of aliphatic hydroxyl groups is 1. The summed E-state index contributed by atoms with van der Waals surface area (Å²) in [5.74, 6) is 0.274. The topological polar surface area (TPSA) is 62.5 Å². The molecule has 1 saturated carbocycles. The molecule has 1 aliphatic carbocycles. The summed E-state index contributed by atoms with van der Waals surface area (Å²) in [6.45, 7) is 0.620. The molecule has 1 aromatic heterocycles. The number of fused-ring (bicyclic) bond motifs is 1. The molecule has 4 heteroatoms. The van der Waals surface area contributed by atoms with Crippen LogP contribution in [0.1, 0.15) is 36.0 Å². The predicted molar refractivity (Wildman–Crippen MR) is 76.5 cm³/mol. The number of carbonyl (C=O) groups excluding carboxylic acids is 1. The highest BCUT2D eigenvalue weighted by molar-refractivity contribution is 6.05. The second kappa shape index (κ2) is 5.67. The van der Waals surface area contributed by atoms with Gasteiger partial charge in [0, 0.05) is 11.9 Å². The van der Waals surface area contributed by atoms with Gasteiger partial charge in [-0.25, -0.2) is 0 Å². The van der Waals surface area contributed by atoms with Crippen molar-refractivity contribution in [3.05, 3.63) is 36.1 Å². The van der Waals surface area contributed by atoms with Crippen LogP contribution in [-0.4, -0.2) is 23.7 Å². The molecule has 0 bridgehead atoms. The lowest BCUT2D eigenvalue weighted by atomic mass is 9.87. The van der Waals surface area contributed by atoms with Crippen LogP contribution in [0.15, 0.2) is 34.9 Å². The monoisotopic (exact) mass is 273 g/mol. The van der Waals surface area contributed by atoms with Gasteiger partial charge in [0.25, 0.3) is 5.91 Å². The zero-order valence-corrected chi connectivity index (χ0v) is 11.3. The molecule has 1 heterocycles. The molecule has 2 N–H and O–H groups in total. The van der Waals surface area contributed by atoms with Crippen molar-refractivity contribution in [2.75, 3.05) is 6.54 Å². The van der Waals surface area contributed by atoms with E-state index in [0.717, 1.165) is 36.7 Å². The zero-order chi connectivity index (χ0) is 13.9. The van der Waals surface area contributed by atoms with E-state index in [0.29, 0.717) is 18.0 Å². The Morgan fingerprint density at radius 2 is 2.20 bits per heavy atom. The Kier molecular flexibility index (Phi) is 3.74. The fraction of sp³-hybridized carbons (Fsp3) is 0.438. The van der Waals surface area contributed by atoms with E-state index in [4.69, 9.17) is 4.42 Å². The van der Waals surface area contributed by atoms with E-state index in [1.807, 2.05) is 24.3 Å². The molecule has 1 fully saturated rings. The summed E-state index contributed by atoms with van der Waals surface area (Å²) in [6.07, 6.45) is 5.08. The van der Waals surface area contributed by atoms with Gasteiger partial charge < -0.3 is 14.8 Å². The van der Waals surface area contributed by atoms with Crippen molar-refractivity contribution < 1.29 is 14.3 Å². The average molecular weight is 273 g/mol. The van der Waals surface area contributed by atoms with Gasteiger partial charge in [-0.05, 0) is 31.2 Å². The molecule has 1 amide bonds. The van der Waals surface area contributed by atoms with E-state index in [1.165, 1.54) is 6.26 Å². The van der Waals surface area contributed by atoms with Crippen LogP contribution in [0.5, 0.6) is 0 Å². The minimum atomic E-state index is -0.208. The van der Waals surface area contributed by atoms with Crippen LogP contribution in [0.3, 0.4) is 0 Å². The van der Waals surface area contributed by atoms with Crippen LogP contribution in [0.2, 0.25) is 0 Å². The maximum Gasteiger partial charge on any atom is 0.255 e. The summed E-state index contributed by atoms with van der Waals surface area (Å²) < 4.78 is 5.38. The second-order valence-corrected chi connectivity index (χ2v) is 5.54. The van der Waals surface area contributed by atoms with E-state index in [9.17, 15) is 9.90 Å². The van der Waals surface area contributed by atoms with Crippen molar-refractivity contribution in [2.45, 2.75) is 31.8 Å². The number of rotatable bonds is 3. The summed E-state index contributed by atoms with van der Waals surface area (Å²) in [6, 6.07) is 7.52. The normalized spacial score (nSPS) is 22.9. The lowest BCUT2D eigenvalue weighted by molar-refractivity contribution is 0.0874. The lowest BCUT2D eigenvalue weighted by Gasteiger charge is -2.25. The third-order valence-electron chi connectivity index (χ3n) is 4.03. The van der Waals surface area contributed by atoms with Gasteiger partial charge in [0.2, 0.25) is 0 Å². The first-order valence-electron chi connectivity index (χ1n) is 7.16. The summed E-state index contributed by atoms with van der Waals surface area (Å²) in [5.41, 5.74) is 1.31. The summed E-state index contributed by atoms with van der Waals surface area (Å²) in [7, 11) is 0. The highest BCUT2D eigenvalue weighted by atomic mass is 16.3. The number of hydrogen-bond acceptors (Lipinski definition) is 3. The summed E-state index contributed by atoms with van der Waals surface area (Å²) >= 11 is 0. The van der Waals surface area contributed by atoms with Crippen LogP contribution in [0.25, 0.3) is 11.0 Å². The maximum atomic E-state index is 12.2. The van der Waals surface area contributed by atoms with Crippen molar-refractivity contribution in [2.24, 2.45) is 5.92 Å². The summed E-state index contributed by atoms with van der Waals surface area (Å²) in [5, 5.41) is 13.4. The van der Waals surface area contributed by atoms with Gasteiger partial charge in [-0.2, -0.15) is 0 Å². The molecule has 0 spiro atoms. The Hall–Kier alpha value is -1.81. The number of nitrogens with one attached hydrogen (secondary N) is 1. The van der Waals surface area contributed by atoms with Gasteiger partial charge in [-0.1, -0.05) is 24.6 Å². The molecule has 20 heavy (non-hydrogen) atoms. The first-order chi connectivity index (χ1) is 9.74. The zero-order valence-electron chi connectivity index (χ0n) is 11.3. The SMILES string of the molecule is O=C(NCC1CCCC(O)C1)c1coc2ccccc12. The Morgan fingerprint density at radius 3 is 3.05 bits per heavy atom. The lowest BCUT2D eigenvalue weighted by Crippen LogP contribution is -2.32. The Balaban J connectivity index is 1.64. The molecule has 106 valence electrons.